The molecule has 0 aliphatic carbocycles. The molecule has 3 heteroatoms. The summed E-state index contributed by atoms with van der Waals surface area (Å²) in [6.45, 7) is 4.34. The molecule has 0 heterocycles. The molecule has 0 aliphatic heterocycles. The lowest BCUT2D eigenvalue weighted by molar-refractivity contribution is 0.599. The number of hydrogen-bond acceptors (Lipinski definition) is 1. The van der Waals surface area contributed by atoms with Gasteiger partial charge in [-0.1, -0.05) is 55.8 Å². The lowest BCUT2D eigenvalue weighted by atomic mass is 9.95. The predicted octanol–water partition coefficient (Wildman–Crippen LogP) is 4.73. The Labute approximate surface area is 124 Å². The van der Waals surface area contributed by atoms with Crippen molar-refractivity contribution < 1.29 is 4.39 Å². The second-order valence-electron chi connectivity index (χ2n) is 5.49. The molecule has 0 saturated heterocycles. The zero-order chi connectivity index (χ0) is 14.7. The van der Waals surface area contributed by atoms with Crippen LogP contribution >= 0.6 is 11.6 Å². The van der Waals surface area contributed by atoms with Gasteiger partial charge in [-0.3, -0.25) is 0 Å². The van der Waals surface area contributed by atoms with E-state index >= 15 is 0 Å². The third kappa shape index (κ3) is 3.59. The van der Waals surface area contributed by atoms with E-state index in [4.69, 9.17) is 17.3 Å². The van der Waals surface area contributed by atoms with Crippen LogP contribution in [-0.2, 0) is 6.42 Å². The maximum absolute atomic E-state index is 13.9. The summed E-state index contributed by atoms with van der Waals surface area (Å²) in [7, 11) is 0. The number of hydrogen-bond donors (Lipinski definition) is 1. The monoisotopic (exact) mass is 291 g/mol. The fourth-order valence-corrected chi connectivity index (χ4v) is 2.48. The molecule has 1 atom stereocenters. The van der Waals surface area contributed by atoms with Crippen LogP contribution in [0.3, 0.4) is 0 Å². The van der Waals surface area contributed by atoms with Crippen molar-refractivity contribution in [3.05, 3.63) is 70.0 Å². The van der Waals surface area contributed by atoms with Gasteiger partial charge in [0.2, 0.25) is 0 Å². The van der Waals surface area contributed by atoms with Crippen LogP contribution in [0.4, 0.5) is 4.39 Å². The average Bonchev–Trinajstić information content (AvgIpc) is 2.37. The molecule has 0 aromatic heterocycles. The number of rotatable bonds is 4. The Morgan fingerprint density at radius 1 is 1.15 bits per heavy atom. The zero-order valence-electron chi connectivity index (χ0n) is 11.7. The molecule has 1 nitrogen and oxygen atoms in total. The van der Waals surface area contributed by atoms with Crippen LogP contribution in [0.15, 0.2) is 42.5 Å². The van der Waals surface area contributed by atoms with Crippen molar-refractivity contribution in [3.8, 4) is 0 Å². The van der Waals surface area contributed by atoms with Gasteiger partial charge < -0.3 is 5.73 Å². The normalized spacial score (nSPS) is 12.7. The quantitative estimate of drug-likeness (QED) is 0.866. The Bertz CT molecular complexity index is 595. The first-order chi connectivity index (χ1) is 9.47. The standard InChI is InChI=1S/C17H19ClFN/c1-11(2)8-12-4-3-5-13(9-12)17(20)15-7-6-14(18)10-16(15)19/h3-7,9-11,17H,8,20H2,1-2H3. The first-order valence-corrected chi connectivity index (χ1v) is 7.14. The average molecular weight is 292 g/mol. The SMILES string of the molecule is CC(C)Cc1cccc(C(N)c2ccc(Cl)cc2F)c1. The molecule has 0 spiro atoms. The van der Waals surface area contributed by atoms with E-state index in [2.05, 4.69) is 26.0 Å². The summed E-state index contributed by atoms with van der Waals surface area (Å²) < 4.78 is 13.9. The largest absolute Gasteiger partial charge is 0.320 e. The molecule has 0 aliphatic rings. The third-order valence-corrected chi connectivity index (χ3v) is 3.49. The number of halogens is 2. The number of benzene rings is 2. The maximum atomic E-state index is 13.9. The van der Waals surface area contributed by atoms with Crippen LogP contribution in [-0.4, -0.2) is 0 Å². The van der Waals surface area contributed by atoms with Gasteiger partial charge in [-0.05, 0) is 35.6 Å². The molecule has 0 radical (unpaired) electrons. The molecular formula is C17H19ClFN. The van der Waals surface area contributed by atoms with Crippen molar-refractivity contribution in [2.45, 2.75) is 26.3 Å². The minimum atomic E-state index is -0.473. The van der Waals surface area contributed by atoms with Crippen molar-refractivity contribution in [3.63, 3.8) is 0 Å². The lowest BCUT2D eigenvalue weighted by Gasteiger charge is -2.15. The number of nitrogens with two attached hydrogens (primary N) is 1. The summed E-state index contributed by atoms with van der Waals surface area (Å²) in [6.07, 6.45) is 0.990. The highest BCUT2D eigenvalue weighted by atomic mass is 35.5. The summed E-state index contributed by atoms with van der Waals surface area (Å²) >= 11 is 5.77. The Hall–Kier alpha value is -1.38. The van der Waals surface area contributed by atoms with Crippen molar-refractivity contribution >= 4 is 11.6 Å². The highest BCUT2D eigenvalue weighted by Gasteiger charge is 2.14. The molecule has 106 valence electrons. The van der Waals surface area contributed by atoms with Gasteiger partial charge in [0.05, 0.1) is 6.04 Å². The van der Waals surface area contributed by atoms with E-state index < -0.39 is 6.04 Å². The van der Waals surface area contributed by atoms with Crippen molar-refractivity contribution in [2.24, 2.45) is 11.7 Å². The predicted molar refractivity (Wildman–Crippen MR) is 82.4 cm³/mol. The van der Waals surface area contributed by atoms with Crippen LogP contribution in [0.5, 0.6) is 0 Å². The first-order valence-electron chi connectivity index (χ1n) is 6.76. The molecule has 0 saturated carbocycles. The second kappa shape index (κ2) is 6.38. The minimum absolute atomic E-state index is 0.362. The van der Waals surface area contributed by atoms with Gasteiger partial charge in [-0.15, -0.1) is 0 Å². The van der Waals surface area contributed by atoms with Gasteiger partial charge in [0.15, 0.2) is 0 Å². The summed E-state index contributed by atoms with van der Waals surface area (Å²) in [5.41, 5.74) is 8.80. The smallest absolute Gasteiger partial charge is 0.129 e. The molecule has 2 aromatic carbocycles. The van der Waals surface area contributed by atoms with Gasteiger partial charge in [0.25, 0.3) is 0 Å². The maximum Gasteiger partial charge on any atom is 0.129 e. The van der Waals surface area contributed by atoms with E-state index in [9.17, 15) is 4.39 Å². The van der Waals surface area contributed by atoms with Crippen LogP contribution < -0.4 is 5.73 Å². The second-order valence-corrected chi connectivity index (χ2v) is 5.92. The van der Waals surface area contributed by atoms with E-state index in [0.717, 1.165) is 12.0 Å². The molecule has 20 heavy (non-hydrogen) atoms. The van der Waals surface area contributed by atoms with E-state index in [1.165, 1.54) is 11.6 Å². The molecule has 2 N–H and O–H groups in total. The van der Waals surface area contributed by atoms with Gasteiger partial charge in [0, 0.05) is 10.6 Å². The molecule has 0 amide bonds. The Balaban J connectivity index is 2.30. The zero-order valence-corrected chi connectivity index (χ0v) is 12.5. The minimum Gasteiger partial charge on any atom is -0.320 e. The van der Waals surface area contributed by atoms with E-state index in [0.29, 0.717) is 16.5 Å². The molecule has 2 rings (SSSR count). The van der Waals surface area contributed by atoms with Gasteiger partial charge >= 0.3 is 0 Å². The van der Waals surface area contributed by atoms with Crippen molar-refractivity contribution in [1.82, 2.24) is 0 Å². The van der Waals surface area contributed by atoms with Crippen LogP contribution in [0.1, 0.15) is 36.6 Å². The van der Waals surface area contributed by atoms with E-state index in [1.54, 1.807) is 12.1 Å². The molecular weight excluding hydrogens is 273 g/mol. The lowest BCUT2D eigenvalue weighted by Crippen LogP contribution is -2.14. The van der Waals surface area contributed by atoms with Crippen molar-refractivity contribution in [1.29, 1.82) is 0 Å². The molecule has 0 fully saturated rings. The van der Waals surface area contributed by atoms with Crippen LogP contribution in [0.2, 0.25) is 5.02 Å². The van der Waals surface area contributed by atoms with Crippen LogP contribution in [0.25, 0.3) is 0 Å². The summed E-state index contributed by atoms with van der Waals surface area (Å²) in [4.78, 5) is 0. The molecule has 2 aromatic rings. The Kier molecular flexibility index (Phi) is 4.79. The Morgan fingerprint density at radius 3 is 2.55 bits per heavy atom. The third-order valence-electron chi connectivity index (χ3n) is 3.25. The fourth-order valence-electron chi connectivity index (χ4n) is 2.32. The topological polar surface area (TPSA) is 26.0 Å². The van der Waals surface area contributed by atoms with Crippen molar-refractivity contribution in [2.75, 3.05) is 0 Å². The summed E-state index contributed by atoms with van der Waals surface area (Å²) in [6, 6.07) is 12.2. The van der Waals surface area contributed by atoms with E-state index in [1.807, 2.05) is 12.1 Å². The van der Waals surface area contributed by atoms with E-state index in [-0.39, 0.29) is 5.82 Å². The molecule has 1 unspecified atom stereocenters. The first kappa shape index (κ1) is 15.0. The highest BCUT2D eigenvalue weighted by molar-refractivity contribution is 6.30. The summed E-state index contributed by atoms with van der Waals surface area (Å²) in [5.74, 6) is 0.216. The molecule has 0 bridgehead atoms. The Morgan fingerprint density at radius 2 is 1.90 bits per heavy atom. The van der Waals surface area contributed by atoms with Gasteiger partial charge in [-0.25, -0.2) is 4.39 Å². The van der Waals surface area contributed by atoms with Gasteiger partial charge in [-0.2, -0.15) is 0 Å². The van der Waals surface area contributed by atoms with Crippen LogP contribution in [0, 0.1) is 11.7 Å². The summed E-state index contributed by atoms with van der Waals surface area (Å²) in [5, 5.41) is 0.381. The highest BCUT2D eigenvalue weighted by Crippen LogP contribution is 2.25. The fraction of sp³-hybridized carbons (Fsp3) is 0.294. The van der Waals surface area contributed by atoms with Gasteiger partial charge in [0.1, 0.15) is 5.82 Å².